The van der Waals surface area contributed by atoms with Crippen molar-refractivity contribution in [2.24, 2.45) is 0 Å². The Labute approximate surface area is 94.6 Å². The van der Waals surface area contributed by atoms with Crippen molar-refractivity contribution in [3.8, 4) is 11.5 Å². The molecule has 0 bridgehead atoms. The van der Waals surface area contributed by atoms with Crippen LogP contribution in [0.25, 0.3) is 6.08 Å². The van der Waals surface area contributed by atoms with Crippen molar-refractivity contribution in [3.05, 3.63) is 27.7 Å². The minimum Gasteiger partial charge on any atom is -0.507 e. The van der Waals surface area contributed by atoms with Gasteiger partial charge in [-0.2, -0.15) is 0 Å². The van der Waals surface area contributed by atoms with Gasteiger partial charge in [0.15, 0.2) is 0 Å². The molecule has 0 heterocycles. The number of carboxylic acid groups (broad SMARTS) is 1. The first kappa shape index (κ1) is 11.6. The summed E-state index contributed by atoms with van der Waals surface area (Å²) in [6, 6.07) is 1.36. The number of carbonyl (C=O) groups is 1. The highest BCUT2D eigenvalue weighted by molar-refractivity contribution is 9.10. The number of hydrogen-bond donors (Lipinski definition) is 3. The van der Waals surface area contributed by atoms with E-state index in [2.05, 4.69) is 15.9 Å². The van der Waals surface area contributed by atoms with Gasteiger partial charge in [0.1, 0.15) is 11.5 Å². The average molecular weight is 273 g/mol. The molecular formula is C10H9BrO4. The Morgan fingerprint density at radius 3 is 2.60 bits per heavy atom. The summed E-state index contributed by atoms with van der Waals surface area (Å²) in [5.74, 6) is -1.23. The van der Waals surface area contributed by atoms with Gasteiger partial charge < -0.3 is 15.3 Å². The van der Waals surface area contributed by atoms with Crippen LogP contribution in [0.5, 0.6) is 11.5 Å². The average Bonchev–Trinajstić information content (AvgIpc) is 2.14. The second-order valence-corrected chi connectivity index (χ2v) is 3.75. The zero-order valence-corrected chi connectivity index (χ0v) is 9.45. The second kappa shape index (κ2) is 4.35. The molecule has 5 heteroatoms. The summed E-state index contributed by atoms with van der Waals surface area (Å²) in [5, 5.41) is 27.5. The Balaban J connectivity index is 3.30. The highest BCUT2D eigenvalue weighted by atomic mass is 79.9. The van der Waals surface area contributed by atoms with Crippen molar-refractivity contribution in [2.75, 3.05) is 0 Å². The van der Waals surface area contributed by atoms with Gasteiger partial charge in [-0.25, -0.2) is 4.79 Å². The Hall–Kier alpha value is -1.49. The quantitative estimate of drug-likeness (QED) is 0.570. The molecule has 0 amide bonds. The van der Waals surface area contributed by atoms with E-state index < -0.39 is 5.97 Å². The zero-order chi connectivity index (χ0) is 11.6. The number of hydrogen-bond acceptors (Lipinski definition) is 3. The van der Waals surface area contributed by atoms with Gasteiger partial charge in [0.05, 0.1) is 4.47 Å². The molecule has 0 atom stereocenters. The molecule has 4 nitrogen and oxygen atoms in total. The van der Waals surface area contributed by atoms with Gasteiger partial charge in [-0.3, -0.25) is 0 Å². The number of aromatic hydroxyl groups is 2. The number of aliphatic carboxylic acids is 1. The van der Waals surface area contributed by atoms with Crippen LogP contribution in [0.3, 0.4) is 0 Å². The predicted molar refractivity (Wildman–Crippen MR) is 58.9 cm³/mol. The van der Waals surface area contributed by atoms with Gasteiger partial charge in [-0.1, -0.05) is 0 Å². The molecule has 0 saturated heterocycles. The van der Waals surface area contributed by atoms with Crippen LogP contribution < -0.4 is 0 Å². The first-order valence-electron chi connectivity index (χ1n) is 4.05. The Bertz CT molecular complexity index is 438. The number of halogens is 1. The molecule has 1 aromatic rings. The van der Waals surface area contributed by atoms with Gasteiger partial charge in [-0.15, -0.1) is 0 Å². The summed E-state index contributed by atoms with van der Waals surface area (Å²) >= 11 is 3.08. The minimum absolute atomic E-state index is 0.0159. The van der Waals surface area contributed by atoms with E-state index in [0.29, 0.717) is 5.56 Å². The number of carboxylic acids is 1. The van der Waals surface area contributed by atoms with E-state index in [-0.39, 0.29) is 21.5 Å². The number of aryl methyl sites for hydroxylation is 1. The molecular weight excluding hydrogens is 264 g/mol. The first-order valence-corrected chi connectivity index (χ1v) is 4.84. The van der Waals surface area contributed by atoms with E-state index in [0.717, 1.165) is 6.08 Å². The summed E-state index contributed by atoms with van der Waals surface area (Å²) in [7, 11) is 0. The highest BCUT2D eigenvalue weighted by Crippen LogP contribution is 2.37. The van der Waals surface area contributed by atoms with Crippen LogP contribution in [0.15, 0.2) is 16.6 Å². The lowest BCUT2D eigenvalue weighted by atomic mass is 10.1. The lowest BCUT2D eigenvalue weighted by Gasteiger charge is -2.07. The molecule has 0 aromatic heterocycles. The fraction of sp³-hybridized carbons (Fsp3) is 0.100. The fourth-order valence-electron chi connectivity index (χ4n) is 1.08. The molecule has 0 saturated carbocycles. The standard InChI is InChI=1S/C10H9BrO4/c1-5-4-7(12)6(2-3-8(13)14)9(11)10(5)15/h2-4,12,15H,1H3,(H,13,14). The Morgan fingerprint density at radius 1 is 1.47 bits per heavy atom. The number of benzene rings is 1. The molecule has 3 N–H and O–H groups in total. The third kappa shape index (κ3) is 2.50. The van der Waals surface area contributed by atoms with Gasteiger partial charge in [-0.05, 0) is 40.6 Å². The lowest BCUT2D eigenvalue weighted by molar-refractivity contribution is -0.131. The van der Waals surface area contributed by atoms with E-state index in [1.54, 1.807) is 6.92 Å². The zero-order valence-electron chi connectivity index (χ0n) is 7.86. The van der Waals surface area contributed by atoms with Crippen molar-refractivity contribution in [1.82, 2.24) is 0 Å². The maximum atomic E-state index is 10.3. The number of rotatable bonds is 2. The van der Waals surface area contributed by atoms with Crippen molar-refractivity contribution in [2.45, 2.75) is 6.92 Å². The summed E-state index contributed by atoms with van der Waals surface area (Å²) in [6.45, 7) is 1.63. The number of phenols is 2. The molecule has 80 valence electrons. The van der Waals surface area contributed by atoms with Crippen molar-refractivity contribution in [3.63, 3.8) is 0 Å². The molecule has 0 aliphatic heterocycles. The molecule has 0 radical (unpaired) electrons. The highest BCUT2D eigenvalue weighted by Gasteiger charge is 2.11. The van der Waals surface area contributed by atoms with E-state index in [9.17, 15) is 15.0 Å². The predicted octanol–water partition coefficient (Wildman–Crippen LogP) is 2.27. The van der Waals surface area contributed by atoms with Crippen LogP contribution in [0.2, 0.25) is 0 Å². The summed E-state index contributed by atoms with van der Waals surface area (Å²) < 4.78 is 0.275. The van der Waals surface area contributed by atoms with Gasteiger partial charge in [0.25, 0.3) is 0 Å². The monoisotopic (exact) mass is 272 g/mol. The molecule has 0 fully saturated rings. The van der Waals surface area contributed by atoms with Crippen LogP contribution in [0.4, 0.5) is 0 Å². The summed E-state index contributed by atoms with van der Waals surface area (Å²) in [6.07, 6.45) is 2.09. The third-order valence-electron chi connectivity index (χ3n) is 1.84. The van der Waals surface area contributed by atoms with Crippen molar-refractivity contribution in [1.29, 1.82) is 0 Å². The normalized spacial score (nSPS) is 10.8. The first-order chi connectivity index (χ1) is 6.93. The van der Waals surface area contributed by atoms with Crippen LogP contribution >= 0.6 is 15.9 Å². The Morgan fingerprint density at radius 2 is 2.07 bits per heavy atom. The van der Waals surface area contributed by atoms with Gasteiger partial charge in [0.2, 0.25) is 0 Å². The maximum Gasteiger partial charge on any atom is 0.328 e. The maximum absolute atomic E-state index is 10.3. The van der Waals surface area contributed by atoms with Crippen LogP contribution in [0.1, 0.15) is 11.1 Å². The van der Waals surface area contributed by atoms with Crippen LogP contribution in [-0.2, 0) is 4.79 Å². The third-order valence-corrected chi connectivity index (χ3v) is 2.64. The van der Waals surface area contributed by atoms with E-state index in [1.165, 1.54) is 12.1 Å². The molecule has 0 aliphatic carbocycles. The van der Waals surface area contributed by atoms with E-state index in [1.807, 2.05) is 0 Å². The van der Waals surface area contributed by atoms with E-state index >= 15 is 0 Å². The molecule has 1 rings (SSSR count). The Kier molecular flexibility index (Phi) is 3.36. The molecule has 0 spiro atoms. The molecule has 1 aromatic carbocycles. The smallest absolute Gasteiger partial charge is 0.328 e. The molecule has 0 aliphatic rings. The van der Waals surface area contributed by atoms with Crippen LogP contribution in [-0.4, -0.2) is 21.3 Å². The molecule has 0 unspecified atom stereocenters. The topological polar surface area (TPSA) is 77.8 Å². The van der Waals surface area contributed by atoms with Crippen molar-refractivity contribution >= 4 is 28.0 Å². The van der Waals surface area contributed by atoms with E-state index in [4.69, 9.17) is 5.11 Å². The SMILES string of the molecule is Cc1cc(O)c(C=CC(=O)O)c(Br)c1O. The fourth-order valence-corrected chi connectivity index (χ4v) is 1.73. The summed E-state index contributed by atoms with van der Waals surface area (Å²) in [4.78, 5) is 10.3. The van der Waals surface area contributed by atoms with Crippen LogP contribution in [0, 0.1) is 6.92 Å². The second-order valence-electron chi connectivity index (χ2n) is 2.96. The lowest BCUT2D eigenvalue weighted by Crippen LogP contribution is -1.88. The van der Waals surface area contributed by atoms with Gasteiger partial charge in [0, 0.05) is 11.6 Å². The van der Waals surface area contributed by atoms with Crippen molar-refractivity contribution < 1.29 is 20.1 Å². The summed E-state index contributed by atoms with van der Waals surface area (Å²) in [5.41, 5.74) is 0.743. The largest absolute Gasteiger partial charge is 0.507 e. The molecule has 15 heavy (non-hydrogen) atoms. The number of phenolic OH excluding ortho intramolecular Hbond substituents is 2. The minimum atomic E-state index is -1.12. The van der Waals surface area contributed by atoms with Gasteiger partial charge >= 0.3 is 5.97 Å².